The number of rotatable bonds is 8. The van der Waals surface area contributed by atoms with Gasteiger partial charge in [-0.25, -0.2) is 9.69 Å². The van der Waals surface area contributed by atoms with E-state index in [9.17, 15) is 14.4 Å². The van der Waals surface area contributed by atoms with Gasteiger partial charge in [0, 0.05) is 15.6 Å². The van der Waals surface area contributed by atoms with Crippen LogP contribution in [0.2, 0.25) is 5.02 Å². The highest BCUT2D eigenvalue weighted by Gasteiger charge is 2.41. The molecule has 3 aromatic carbocycles. The van der Waals surface area contributed by atoms with Crippen molar-refractivity contribution < 1.29 is 19.1 Å². The molecule has 0 aromatic heterocycles. The maximum atomic E-state index is 13.6. The Kier molecular flexibility index (Phi) is 7.35. The van der Waals surface area contributed by atoms with Crippen LogP contribution >= 0.6 is 23.4 Å². The van der Waals surface area contributed by atoms with E-state index in [2.05, 4.69) is 5.32 Å². The molecule has 0 radical (unpaired) electrons. The Balaban J connectivity index is 1.75. The minimum absolute atomic E-state index is 0.109. The average Bonchev–Trinajstić information content (AvgIpc) is 3.07. The number of benzene rings is 3. The van der Waals surface area contributed by atoms with Crippen molar-refractivity contribution in [3.05, 3.63) is 100 Å². The zero-order valence-electron chi connectivity index (χ0n) is 18.3. The van der Waals surface area contributed by atoms with Crippen molar-refractivity contribution in [2.24, 2.45) is 0 Å². The monoisotopic (exact) mass is 492 g/mol. The number of anilines is 2. The number of nitrogens with one attached hydrogen (secondary N) is 1. The molecule has 8 heteroatoms. The third-order valence-corrected chi connectivity index (χ3v) is 6.23. The molecule has 3 aromatic rings. The fourth-order valence-corrected chi connectivity index (χ4v) is 4.50. The molecule has 0 atom stereocenters. The Hall–Kier alpha value is -3.55. The van der Waals surface area contributed by atoms with Crippen LogP contribution in [0.25, 0.3) is 0 Å². The molecule has 1 aliphatic rings. The molecule has 172 valence electrons. The highest BCUT2D eigenvalue weighted by molar-refractivity contribution is 8.04. The van der Waals surface area contributed by atoms with E-state index in [1.807, 2.05) is 37.3 Å². The summed E-state index contributed by atoms with van der Waals surface area (Å²) < 4.78 is 5.27. The number of amides is 2. The van der Waals surface area contributed by atoms with E-state index in [1.165, 1.54) is 11.8 Å². The van der Waals surface area contributed by atoms with Gasteiger partial charge in [-0.2, -0.15) is 0 Å². The minimum atomic E-state index is -0.591. The van der Waals surface area contributed by atoms with Gasteiger partial charge in [0.25, 0.3) is 11.8 Å². The Morgan fingerprint density at radius 1 is 0.971 bits per heavy atom. The first-order valence-corrected chi connectivity index (χ1v) is 11.8. The fourth-order valence-electron chi connectivity index (χ4n) is 3.36. The Labute approximate surface area is 206 Å². The van der Waals surface area contributed by atoms with Crippen LogP contribution in [-0.4, -0.2) is 24.4 Å². The molecule has 2 amide bonds. The lowest BCUT2D eigenvalue weighted by atomic mass is 10.1. The zero-order chi connectivity index (χ0) is 24.1. The molecule has 34 heavy (non-hydrogen) atoms. The van der Waals surface area contributed by atoms with Gasteiger partial charge in [0.15, 0.2) is 0 Å². The molecular weight excluding hydrogens is 472 g/mol. The van der Waals surface area contributed by atoms with Crippen LogP contribution in [0.3, 0.4) is 0 Å². The highest BCUT2D eigenvalue weighted by atomic mass is 35.5. The number of halogens is 1. The maximum Gasteiger partial charge on any atom is 0.340 e. The van der Waals surface area contributed by atoms with Crippen molar-refractivity contribution >= 4 is 52.5 Å². The van der Waals surface area contributed by atoms with Gasteiger partial charge in [-0.3, -0.25) is 9.59 Å². The summed E-state index contributed by atoms with van der Waals surface area (Å²) in [4.78, 5) is 41.8. The second-order valence-electron chi connectivity index (χ2n) is 7.35. The lowest BCUT2D eigenvalue weighted by Crippen LogP contribution is -2.33. The first-order chi connectivity index (χ1) is 16.5. The first-order valence-electron chi connectivity index (χ1n) is 10.6. The number of hydrogen-bond donors (Lipinski definition) is 1. The topological polar surface area (TPSA) is 75.7 Å². The smallest absolute Gasteiger partial charge is 0.340 e. The Morgan fingerprint density at radius 3 is 2.44 bits per heavy atom. The second-order valence-corrected chi connectivity index (χ2v) is 8.87. The van der Waals surface area contributed by atoms with Crippen molar-refractivity contribution in [1.82, 2.24) is 0 Å². The summed E-state index contributed by atoms with van der Waals surface area (Å²) in [6.45, 7) is 2.13. The summed E-state index contributed by atoms with van der Waals surface area (Å²) in [5, 5.41) is 3.55. The first kappa shape index (κ1) is 23.6. The third kappa shape index (κ3) is 5.00. The van der Waals surface area contributed by atoms with Crippen molar-refractivity contribution in [2.75, 3.05) is 16.8 Å². The summed E-state index contributed by atoms with van der Waals surface area (Å²) in [7, 11) is 0. The van der Waals surface area contributed by atoms with Crippen LogP contribution in [0.5, 0.6) is 0 Å². The number of carbonyl (C=O) groups is 3. The van der Waals surface area contributed by atoms with Gasteiger partial charge in [-0.05, 0) is 48.9 Å². The molecule has 0 fully saturated rings. The van der Waals surface area contributed by atoms with Gasteiger partial charge in [0.2, 0.25) is 0 Å². The van der Waals surface area contributed by atoms with Gasteiger partial charge in [0.1, 0.15) is 10.6 Å². The number of hydrogen-bond acceptors (Lipinski definition) is 6. The molecule has 1 heterocycles. The van der Waals surface area contributed by atoms with Crippen LogP contribution in [0.1, 0.15) is 23.7 Å². The summed E-state index contributed by atoms with van der Waals surface area (Å²) in [6, 6.07) is 22.6. The number of esters is 1. The van der Waals surface area contributed by atoms with E-state index < -0.39 is 17.8 Å². The molecule has 0 spiro atoms. The molecule has 0 unspecified atom stereocenters. The van der Waals surface area contributed by atoms with Gasteiger partial charge >= 0.3 is 5.97 Å². The van der Waals surface area contributed by atoms with Gasteiger partial charge in [0.05, 0.1) is 17.9 Å². The number of ether oxygens (including phenoxy) is 1. The molecule has 0 saturated carbocycles. The summed E-state index contributed by atoms with van der Waals surface area (Å²) in [5.41, 5.74) is 0.989. The predicted molar refractivity (Wildman–Crippen MR) is 134 cm³/mol. The highest BCUT2D eigenvalue weighted by Crippen LogP contribution is 2.39. The van der Waals surface area contributed by atoms with Crippen molar-refractivity contribution in [3.8, 4) is 0 Å². The average molecular weight is 493 g/mol. The number of thioether (sulfide) groups is 1. The van der Waals surface area contributed by atoms with Gasteiger partial charge in [-0.15, -0.1) is 0 Å². The van der Waals surface area contributed by atoms with Crippen LogP contribution in [-0.2, 0) is 14.3 Å². The zero-order valence-corrected chi connectivity index (χ0v) is 19.9. The molecule has 0 bridgehead atoms. The minimum Gasteiger partial charge on any atom is -0.462 e. The standard InChI is InChI=1S/C26H21ClN2O4S/c1-2-15-33-26(32)20-13-6-7-14-21(20)29-24(30)22(28-18-10-8-9-17(27)16-18)23(25(29)31)34-19-11-4-3-5-12-19/h3-14,16,28H,2,15H2,1H3. The second kappa shape index (κ2) is 10.6. The van der Waals surface area contributed by atoms with Gasteiger partial charge in [-0.1, -0.05) is 66.7 Å². The lowest BCUT2D eigenvalue weighted by Gasteiger charge is -2.18. The van der Waals surface area contributed by atoms with Crippen LogP contribution < -0.4 is 10.2 Å². The predicted octanol–water partition coefficient (Wildman–Crippen LogP) is 5.90. The van der Waals surface area contributed by atoms with Crippen molar-refractivity contribution in [1.29, 1.82) is 0 Å². The van der Waals surface area contributed by atoms with Crippen LogP contribution in [0.15, 0.2) is 94.4 Å². The summed E-state index contributed by atoms with van der Waals surface area (Å²) in [5.74, 6) is -1.69. The Morgan fingerprint density at radius 2 is 1.71 bits per heavy atom. The van der Waals surface area contributed by atoms with E-state index in [1.54, 1.807) is 48.5 Å². The normalized spacial score (nSPS) is 13.4. The number of nitrogens with zero attached hydrogens (tertiary/aromatic N) is 1. The van der Waals surface area contributed by atoms with Crippen LogP contribution in [0.4, 0.5) is 11.4 Å². The largest absolute Gasteiger partial charge is 0.462 e. The maximum absolute atomic E-state index is 13.6. The molecule has 6 nitrogen and oxygen atoms in total. The van der Waals surface area contributed by atoms with E-state index >= 15 is 0 Å². The van der Waals surface area contributed by atoms with E-state index in [4.69, 9.17) is 16.3 Å². The van der Waals surface area contributed by atoms with Gasteiger partial charge < -0.3 is 10.1 Å². The van der Waals surface area contributed by atoms with Crippen molar-refractivity contribution in [3.63, 3.8) is 0 Å². The van der Waals surface area contributed by atoms with Crippen molar-refractivity contribution in [2.45, 2.75) is 18.2 Å². The molecule has 1 aliphatic heterocycles. The number of imide groups is 1. The van der Waals surface area contributed by atoms with Crippen LogP contribution in [0, 0.1) is 0 Å². The van der Waals surface area contributed by atoms with E-state index in [0.717, 1.165) is 9.80 Å². The third-order valence-electron chi connectivity index (χ3n) is 4.90. The molecular formula is C26H21ClN2O4S. The molecule has 0 saturated heterocycles. The molecule has 4 rings (SSSR count). The SMILES string of the molecule is CCCOC(=O)c1ccccc1N1C(=O)C(Nc2cccc(Cl)c2)=C(Sc2ccccc2)C1=O. The lowest BCUT2D eigenvalue weighted by molar-refractivity contribution is -0.120. The quantitative estimate of drug-likeness (QED) is 0.312. The summed E-state index contributed by atoms with van der Waals surface area (Å²) in [6.07, 6.45) is 0.655. The molecule has 0 aliphatic carbocycles. The Bertz CT molecular complexity index is 1280. The van der Waals surface area contributed by atoms with E-state index in [-0.39, 0.29) is 28.5 Å². The summed E-state index contributed by atoms with van der Waals surface area (Å²) >= 11 is 7.29. The van der Waals surface area contributed by atoms with E-state index in [0.29, 0.717) is 17.1 Å². The molecule has 1 N–H and O–H groups in total. The fraction of sp³-hybridized carbons (Fsp3) is 0.115. The number of para-hydroxylation sites is 1. The number of carbonyl (C=O) groups excluding carboxylic acids is 3.